The Kier molecular flexibility index (Phi) is 5.53. The summed E-state index contributed by atoms with van der Waals surface area (Å²) in [6.07, 6.45) is 0. The van der Waals surface area contributed by atoms with Crippen molar-refractivity contribution < 1.29 is 4.79 Å². The summed E-state index contributed by atoms with van der Waals surface area (Å²) in [6.45, 7) is 2.09. The van der Waals surface area contributed by atoms with Crippen molar-refractivity contribution in [2.24, 2.45) is 0 Å². The molecule has 0 saturated carbocycles. The van der Waals surface area contributed by atoms with Gasteiger partial charge in [0.15, 0.2) is 5.13 Å². The van der Waals surface area contributed by atoms with Crippen LogP contribution in [0.5, 0.6) is 0 Å². The monoisotopic (exact) mass is 424 g/mol. The molecule has 0 radical (unpaired) electrons. The first-order valence-corrected chi connectivity index (χ1v) is 10.4. The molecular formula is C16H13BrN2OS3. The van der Waals surface area contributed by atoms with Gasteiger partial charge in [-0.1, -0.05) is 13.0 Å². The largest absolute Gasteiger partial charge is 0.298 e. The third-order valence-electron chi connectivity index (χ3n) is 2.96. The van der Waals surface area contributed by atoms with Gasteiger partial charge in [0.05, 0.1) is 14.4 Å². The van der Waals surface area contributed by atoms with Gasteiger partial charge in [0.1, 0.15) is 0 Å². The van der Waals surface area contributed by atoms with Crippen LogP contribution in [0.15, 0.2) is 50.5 Å². The molecule has 0 bridgehead atoms. The number of aromatic nitrogens is 1. The number of carbonyl (C=O) groups excluding carboxylic acids is 1. The number of nitrogens with one attached hydrogen (secondary N) is 1. The van der Waals surface area contributed by atoms with Crippen molar-refractivity contribution in [3.8, 4) is 10.6 Å². The number of thiophene rings is 1. The van der Waals surface area contributed by atoms with Crippen LogP contribution in [0.25, 0.3) is 10.6 Å². The highest BCUT2D eigenvalue weighted by Gasteiger charge is 2.11. The summed E-state index contributed by atoms with van der Waals surface area (Å²) >= 11 is 8.23. The van der Waals surface area contributed by atoms with Gasteiger partial charge in [-0.15, -0.1) is 34.4 Å². The Morgan fingerprint density at radius 1 is 1.35 bits per heavy atom. The van der Waals surface area contributed by atoms with E-state index in [0.29, 0.717) is 10.7 Å². The Labute approximate surface area is 155 Å². The average Bonchev–Trinajstić information content (AvgIpc) is 3.17. The lowest BCUT2D eigenvalue weighted by atomic mass is 10.2. The van der Waals surface area contributed by atoms with Crippen LogP contribution >= 0.6 is 50.4 Å². The van der Waals surface area contributed by atoms with Crippen molar-refractivity contribution in [3.05, 3.63) is 51.1 Å². The highest BCUT2D eigenvalue weighted by Crippen LogP contribution is 2.33. The van der Waals surface area contributed by atoms with Crippen LogP contribution < -0.4 is 5.32 Å². The average molecular weight is 425 g/mol. The predicted molar refractivity (Wildman–Crippen MR) is 104 cm³/mol. The minimum absolute atomic E-state index is 0.128. The topological polar surface area (TPSA) is 42.0 Å². The van der Waals surface area contributed by atoms with Crippen molar-refractivity contribution in [2.45, 2.75) is 11.8 Å². The number of hydrogen-bond donors (Lipinski definition) is 1. The second-order valence-corrected chi connectivity index (χ2v) is 9.22. The highest BCUT2D eigenvalue weighted by atomic mass is 79.9. The number of nitrogens with zero attached hydrogens (tertiary/aromatic N) is 1. The van der Waals surface area contributed by atoms with E-state index in [1.807, 2.05) is 41.8 Å². The molecule has 2 heterocycles. The molecule has 2 aromatic heterocycles. The number of hydrogen-bond acceptors (Lipinski definition) is 5. The van der Waals surface area contributed by atoms with Gasteiger partial charge in [-0.2, -0.15) is 0 Å². The first-order valence-electron chi connectivity index (χ1n) is 6.91. The Morgan fingerprint density at radius 3 is 2.96 bits per heavy atom. The summed E-state index contributed by atoms with van der Waals surface area (Å²) < 4.78 is 1.07. The van der Waals surface area contributed by atoms with Crippen LogP contribution in [0.4, 0.5) is 5.13 Å². The molecule has 0 aliphatic rings. The Morgan fingerprint density at radius 2 is 2.22 bits per heavy atom. The molecule has 0 aliphatic heterocycles. The minimum atomic E-state index is -0.128. The van der Waals surface area contributed by atoms with Crippen molar-refractivity contribution in [3.63, 3.8) is 0 Å². The third-order valence-corrected chi connectivity index (χ3v) is 6.24. The zero-order chi connectivity index (χ0) is 16.2. The molecule has 0 fully saturated rings. The number of anilines is 1. The first-order chi connectivity index (χ1) is 11.2. The molecule has 0 atom stereocenters. The summed E-state index contributed by atoms with van der Waals surface area (Å²) in [6, 6.07) is 11.7. The van der Waals surface area contributed by atoms with E-state index in [1.165, 1.54) is 11.3 Å². The highest BCUT2D eigenvalue weighted by molar-refractivity contribution is 9.11. The van der Waals surface area contributed by atoms with E-state index in [2.05, 4.69) is 33.2 Å². The molecule has 23 heavy (non-hydrogen) atoms. The van der Waals surface area contributed by atoms with Gasteiger partial charge in [0.25, 0.3) is 5.91 Å². The second-order valence-electron chi connectivity index (χ2n) is 4.56. The van der Waals surface area contributed by atoms with Crippen LogP contribution in [0.2, 0.25) is 0 Å². The molecule has 1 amide bonds. The third kappa shape index (κ3) is 4.23. The molecule has 1 aromatic carbocycles. The summed E-state index contributed by atoms with van der Waals surface area (Å²) in [5, 5.41) is 5.45. The molecule has 3 aromatic rings. The molecular weight excluding hydrogens is 412 g/mol. The first kappa shape index (κ1) is 16.7. The molecule has 0 saturated heterocycles. The zero-order valence-electron chi connectivity index (χ0n) is 12.2. The Bertz CT molecular complexity index is 828. The predicted octanol–water partition coefficient (Wildman–Crippen LogP) is 6.00. The van der Waals surface area contributed by atoms with Gasteiger partial charge in [0, 0.05) is 15.8 Å². The number of rotatable bonds is 5. The molecule has 0 spiro atoms. The summed E-state index contributed by atoms with van der Waals surface area (Å²) in [5.41, 5.74) is 1.54. The van der Waals surface area contributed by atoms with Crippen molar-refractivity contribution in [1.29, 1.82) is 0 Å². The smallest absolute Gasteiger partial charge is 0.257 e. The molecule has 118 valence electrons. The van der Waals surface area contributed by atoms with E-state index < -0.39 is 0 Å². The van der Waals surface area contributed by atoms with Gasteiger partial charge in [-0.3, -0.25) is 10.1 Å². The molecule has 0 unspecified atom stereocenters. The van der Waals surface area contributed by atoms with E-state index >= 15 is 0 Å². The van der Waals surface area contributed by atoms with Gasteiger partial charge in [-0.05, 0) is 52.0 Å². The number of halogens is 1. The van der Waals surface area contributed by atoms with Crippen molar-refractivity contribution in [2.75, 3.05) is 11.1 Å². The van der Waals surface area contributed by atoms with Crippen molar-refractivity contribution in [1.82, 2.24) is 4.98 Å². The quantitative estimate of drug-likeness (QED) is 0.510. The van der Waals surface area contributed by atoms with Gasteiger partial charge >= 0.3 is 0 Å². The van der Waals surface area contributed by atoms with Crippen LogP contribution in [0.1, 0.15) is 17.3 Å². The fourth-order valence-electron chi connectivity index (χ4n) is 1.96. The zero-order valence-corrected chi connectivity index (χ0v) is 16.2. The molecule has 3 nitrogen and oxygen atoms in total. The standard InChI is InChI=1S/C16H13BrN2OS3/c1-2-21-11-5-3-4-10(8-11)15(20)19-16-18-12(9-22-16)13-6-7-14(17)23-13/h3-9H,2H2,1H3,(H,18,19,20). The Hall–Kier alpha value is -1.15. The van der Waals surface area contributed by atoms with E-state index in [9.17, 15) is 4.79 Å². The van der Waals surface area contributed by atoms with Crippen molar-refractivity contribution >= 4 is 61.4 Å². The lowest BCUT2D eigenvalue weighted by molar-refractivity contribution is 0.102. The normalized spacial score (nSPS) is 10.7. The molecule has 3 rings (SSSR count). The number of thiazole rings is 1. The number of benzene rings is 1. The fraction of sp³-hybridized carbons (Fsp3) is 0.125. The van der Waals surface area contributed by atoms with E-state index in [1.54, 1.807) is 23.1 Å². The maximum Gasteiger partial charge on any atom is 0.257 e. The van der Waals surface area contributed by atoms with Gasteiger partial charge in [-0.25, -0.2) is 4.98 Å². The number of carbonyl (C=O) groups is 1. The second kappa shape index (κ2) is 7.61. The summed E-state index contributed by atoms with van der Waals surface area (Å²) in [7, 11) is 0. The summed E-state index contributed by atoms with van der Waals surface area (Å²) in [5.74, 6) is 0.855. The van der Waals surface area contributed by atoms with Crippen LogP contribution in [0, 0.1) is 0 Å². The van der Waals surface area contributed by atoms with Crippen LogP contribution in [-0.2, 0) is 0 Å². The minimum Gasteiger partial charge on any atom is -0.298 e. The molecule has 1 N–H and O–H groups in total. The SMILES string of the molecule is CCSc1cccc(C(=O)Nc2nc(-c3ccc(Br)s3)cs2)c1. The van der Waals surface area contributed by atoms with E-state index in [-0.39, 0.29) is 5.91 Å². The lowest BCUT2D eigenvalue weighted by Crippen LogP contribution is -2.11. The van der Waals surface area contributed by atoms with Gasteiger partial charge < -0.3 is 0 Å². The number of amides is 1. The lowest BCUT2D eigenvalue weighted by Gasteiger charge is -2.04. The molecule has 7 heteroatoms. The molecule has 0 aliphatic carbocycles. The van der Waals surface area contributed by atoms with E-state index in [0.717, 1.165) is 25.0 Å². The number of thioether (sulfide) groups is 1. The maximum atomic E-state index is 12.4. The van der Waals surface area contributed by atoms with Crippen LogP contribution in [-0.4, -0.2) is 16.6 Å². The van der Waals surface area contributed by atoms with Gasteiger partial charge in [0.2, 0.25) is 0 Å². The fourth-order valence-corrected chi connectivity index (χ4v) is 4.80. The maximum absolute atomic E-state index is 12.4. The van der Waals surface area contributed by atoms with E-state index in [4.69, 9.17) is 0 Å². The van der Waals surface area contributed by atoms with Crippen LogP contribution in [0.3, 0.4) is 0 Å². The Balaban J connectivity index is 1.73. The summed E-state index contributed by atoms with van der Waals surface area (Å²) in [4.78, 5) is 19.0.